The van der Waals surface area contributed by atoms with Gasteiger partial charge in [0.2, 0.25) is 5.91 Å². The van der Waals surface area contributed by atoms with Crippen LogP contribution >= 0.6 is 0 Å². The van der Waals surface area contributed by atoms with Gasteiger partial charge in [-0.15, -0.1) is 0 Å². The highest BCUT2D eigenvalue weighted by molar-refractivity contribution is 6.17. The van der Waals surface area contributed by atoms with E-state index in [2.05, 4.69) is 10.6 Å². The van der Waals surface area contributed by atoms with Crippen molar-refractivity contribution in [3.05, 3.63) is 35.5 Å². The third-order valence-corrected chi connectivity index (χ3v) is 4.26. The lowest BCUT2D eigenvalue weighted by Gasteiger charge is -2.32. The Morgan fingerprint density at radius 1 is 1.29 bits per heavy atom. The predicted molar refractivity (Wildman–Crippen MR) is 88.1 cm³/mol. The topological polar surface area (TPSA) is 98.7 Å². The van der Waals surface area contributed by atoms with Gasteiger partial charge in [-0.1, -0.05) is 19.9 Å². The molecule has 2 heterocycles. The highest BCUT2D eigenvalue weighted by Gasteiger charge is 2.36. The second-order valence-electron chi connectivity index (χ2n) is 6.55. The molecule has 1 aromatic carbocycles. The lowest BCUT2D eigenvalue weighted by molar-refractivity contribution is -0.137. The van der Waals surface area contributed by atoms with Crippen LogP contribution in [0.2, 0.25) is 0 Å². The van der Waals surface area contributed by atoms with Gasteiger partial charge in [-0.3, -0.25) is 19.3 Å². The van der Waals surface area contributed by atoms with Crippen LogP contribution in [0.25, 0.3) is 0 Å². The van der Waals surface area contributed by atoms with Gasteiger partial charge in [0.1, 0.15) is 5.70 Å². The number of hydrogen-bond acceptors (Lipinski definition) is 5. The van der Waals surface area contributed by atoms with Crippen molar-refractivity contribution < 1.29 is 19.5 Å². The molecular formula is C17H19N3O4. The van der Waals surface area contributed by atoms with Crippen LogP contribution in [0.4, 0.5) is 11.4 Å². The van der Waals surface area contributed by atoms with Gasteiger partial charge >= 0.3 is 0 Å². The Hall–Kier alpha value is -2.67. The lowest BCUT2D eigenvalue weighted by Crippen LogP contribution is -2.37. The highest BCUT2D eigenvalue weighted by Crippen LogP contribution is 2.37. The standard InChI is InChI=1S/C17H19N3O4/c1-17(2)9-10-11(4-3-5-12(10)19-16(17)24)18-13-8-14(22)20(6-7-21)15(13)23/h3-5,8,18,21H,6-7,9H2,1-2H3,(H,19,24). The van der Waals surface area contributed by atoms with Crippen LogP contribution in [0.3, 0.4) is 0 Å². The molecule has 0 bridgehead atoms. The molecule has 0 spiro atoms. The maximum Gasteiger partial charge on any atom is 0.277 e. The van der Waals surface area contributed by atoms with Crippen LogP contribution in [0, 0.1) is 5.41 Å². The van der Waals surface area contributed by atoms with Crippen LogP contribution in [0.5, 0.6) is 0 Å². The minimum atomic E-state index is -0.558. The van der Waals surface area contributed by atoms with E-state index < -0.39 is 17.2 Å². The van der Waals surface area contributed by atoms with Gasteiger partial charge in [0.25, 0.3) is 11.8 Å². The average molecular weight is 329 g/mol. The summed E-state index contributed by atoms with van der Waals surface area (Å²) in [6.45, 7) is 3.40. The SMILES string of the molecule is CC1(C)Cc2c(cccc2NC2=CC(=O)N(CCO)C2=O)NC1=O. The van der Waals surface area contributed by atoms with Crippen molar-refractivity contribution in [2.75, 3.05) is 23.8 Å². The molecule has 0 aliphatic carbocycles. The number of carbonyl (C=O) groups excluding carboxylic acids is 3. The molecule has 126 valence electrons. The Bertz CT molecular complexity index is 767. The van der Waals surface area contributed by atoms with Gasteiger partial charge in [-0.25, -0.2) is 0 Å². The Labute approximate surface area is 139 Å². The molecule has 0 radical (unpaired) electrons. The van der Waals surface area contributed by atoms with Crippen LogP contribution in [-0.4, -0.2) is 40.9 Å². The van der Waals surface area contributed by atoms with E-state index in [0.29, 0.717) is 17.8 Å². The quantitative estimate of drug-likeness (QED) is 0.712. The summed E-state index contributed by atoms with van der Waals surface area (Å²) in [5.74, 6) is -0.964. The predicted octanol–water partition coefficient (Wildman–Crippen LogP) is 0.864. The van der Waals surface area contributed by atoms with E-state index in [9.17, 15) is 14.4 Å². The van der Waals surface area contributed by atoms with E-state index in [1.807, 2.05) is 19.9 Å². The normalized spacial score (nSPS) is 19.0. The second kappa shape index (κ2) is 5.76. The number of carbonyl (C=O) groups is 3. The second-order valence-corrected chi connectivity index (χ2v) is 6.55. The zero-order chi connectivity index (χ0) is 17.5. The minimum Gasteiger partial charge on any atom is -0.395 e. The molecule has 3 rings (SSSR count). The molecule has 0 saturated carbocycles. The molecule has 0 atom stereocenters. The number of anilines is 2. The molecular weight excluding hydrogens is 310 g/mol. The molecule has 3 amide bonds. The maximum absolute atomic E-state index is 12.3. The highest BCUT2D eigenvalue weighted by atomic mass is 16.3. The van der Waals surface area contributed by atoms with Crippen molar-refractivity contribution in [2.24, 2.45) is 5.41 Å². The van der Waals surface area contributed by atoms with Crippen molar-refractivity contribution in [1.82, 2.24) is 4.90 Å². The Morgan fingerprint density at radius 3 is 2.75 bits per heavy atom. The van der Waals surface area contributed by atoms with E-state index in [-0.39, 0.29) is 24.8 Å². The monoisotopic (exact) mass is 329 g/mol. The van der Waals surface area contributed by atoms with Gasteiger partial charge in [0.15, 0.2) is 0 Å². The fraction of sp³-hybridized carbons (Fsp3) is 0.353. The largest absolute Gasteiger partial charge is 0.395 e. The summed E-state index contributed by atoms with van der Waals surface area (Å²) in [6.07, 6.45) is 1.75. The van der Waals surface area contributed by atoms with Crippen molar-refractivity contribution in [3.8, 4) is 0 Å². The first-order valence-electron chi connectivity index (χ1n) is 7.72. The summed E-state index contributed by atoms with van der Waals surface area (Å²) >= 11 is 0. The number of nitrogens with zero attached hydrogens (tertiary/aromatic N) is 1. The van der Waals surface area contributed by atoms with Crippen molar-refractivity contribution in [2.45, 2.75) is 20.3 Å². The summed E-state index contributed by atoms with van der Waals surface area (Å²) in [6, 6.07) is 5.38. The van der Waals surface area contributed by atoms with Crippen molar-refractivity contribution >= 4 is 29.1 Å². The van der Waals surface area contributed by atoms with Crippen LogP contribution in [0.1, 0.15) is 19.4 Å². The summed E-state index contributed by atoms with van der Waals surface area (Å²) in [5.41, 5.74) is 1.88. The van der Waals surface area contributed by atoms with E-state index in [1.165, 1.54) is 6.08 Å². The zero-order valence-electron chi connectivity index (χ0n) is 13.5. The number of benzene rings is 1. The summed E-state index contributed by atoms with van der Waals surface area (Å²) < 4.78 is 0. The molecule has 3 N–H and O–H groups in total. The number of aliphatic hydroxyl groups is 1. The van der Waals surface area contributed by atoms with E-state index in [0.717, 1.165) is 10.5 Å². The molecule has 0 aromatic heterocycles. The fourth-order valence-corrected chi connectivity index (χ4v) is 2.88. The molecule has 7 heteroatoms. The number of β-amino-alcohol motifs (C(OH)–C–C–N with tert-alkyl or cyclic N) is 1. The minimum absolute atomic E-state index is 0.0324. The summed E-state index contributed by atoms with van der Waals surface area (Å²) in [4.78, 5) is 37.1. The van der Waals surface area contributed by atoms with Crippen LogP contribution < -0.4 is 10.6 Å². The Kier molecular flexibility index (Phi) is 3.88. The van der Waals surface area contributed by atoms with Gasteiger partial charge in [0.05, 0.1) is 13.2 Å². The van der Waals surface area contributed by atoms with Crippen molar-refractivity contribution in [3.63, 3.8) is 0 Å². The van der Waals surface area contributed by atoms with E-state index in [1.54, 1.807) is 12.1 Å². The first-order valence-corrected chi connectivity index (χ1v) is 7.72. The summed E-state index contributed by atoms with van der Waals surface area (Å²) in [7, 11) is 0. The first kappa shape index (κ1) is 16.2. The van der Waals surface area contributed by atoms with Gasteiger partial charge in [-0.2, -0.15) is 0 Å². The smallest absolute Gasteiger partial charge is 0.277 e. The molecule has 7 nitrogen and oxygen atoms in total. The molecule has 1 aromatic rings. The number of fused-ring (bicyclic) bond motifs is 1. The number of nitrogens with one attached hydrogen (secondary N) is 2. The summed E-state index contributed by atoms with van der Waals surface area (Å²) in [5, 5.41) is 14.8. The number of hydrogen-bond donors (Lipinski definition) is 3. The number of amides is 3. The maximum atomic E-state index is 12.3. The number of aliphatic hydroxyl groups excluding tert-OH is 1. The van der Waals surface area contributed by atoms with E-state index >= 15 is 0 Å². The molecule has 0 fully saturated rings. The molecule has 2 aliphatic heterocycles. The first-order chi connectivity index (χ1) is 11.3. The Morgan fingerprint density at radius 2 is 2.04 bits per heavy atom. The number of rotatable bonds is 4. The third-order valence-electron chi connectivity index (χ3n) is 4.26. The molecule has 2 aliphatic rings. The van der Waals surface area contributed by atoms with Gasteiger partial charge in [-0.05, 0) is 18.6 Å². The average Bonchev–Trinajstić information content (AvgIpc) is 2.77. The molecule has 24 heavy (non-hydrogen) atoms. The van der Waals surface area contributed by atoms with Crippen molar-refractivity contribution in [1.29, 1.82) is 0 Å². The molecule has 0 saturated heterocycles. The van der Waals surface area contributed by atoms with Crippen LogP contribution in [-0.2, 0) is 20.8 Å². The number of imide groups is 1. The fourth-order valence-electron chi connectivity index (χ4n) is 2.88. The third kappa shape index (κ3) is 2.67. The Balaban J connectivity index is 1.89. The molecule has 0 unspecified atom stereocenters. The lowest BCUT2D eigenvalue weighted by atomic mass is 9.80. The van der Waals surface area contributed by atoms with Crippen LogP contribution in [0.15, 0.2) is 30.0 Å². The van der Waals surface area contributed by atoms with E-state index in [4.69, 9.17) is 5.11 Å². The van der Waals surface area contributed by atoms with Gasteiger partial charge in [0, 0.05) is 28.4 Å². The van der Waals surface area contributed by atoms with Gasteiger partial charge < -0.3 is 15.7 Å². The zero-order valence-corrected chi connectivity index (χ0v) is 13.5.